The third-order valence-corrected chi connectivity index (χ3v) is 7.73. The summed E-state index contributed by atoms with van der Waals surface area (Å²) in [5, 5.41) is 8.55. The van der Waals surface area contributed by atoms with Gasteiger partial charge in [0.15, 0.2) is 0 Å². The van der Waals surface area contributed by atoms with Crippen molar-refractivity contribution in [3.8, 4) is 6.07 Å². The first-order chi connectivity index (χ1) is 20.7. The molecule has 1 saturated carbocycles. The second kappa shape index (κ2) is 18.7. The number of rotatable bonds is 9. The zero-order valence-electron chi connectivity index (χ0n) is 27.4. The van der Waals surface area contributed by atoms with E-state index in [0.717, 1.165) is 76.0 Å². The molecule has 1 aromatic carbocycles. The van der Waals surface area contributed by atoms with E-state index >= 15 is 0 Å². The fourth-order valence-corrected chi connectivity index (χ4v) is 4.61. The number of aliphatic imine (C=N–C) groups is 1. The number of aldehydes is 1. The zero-order valence-corrected chi connectivity index (χ0v) is 27.4. The van der Waals surface area contributed by atoms with E-state index in [1.807, 2.05) is 19.2 Å². The topological polar surface area (TPSA) is 72.6 Å². The second-order valence-corrected chi connectivity index (χ2v) is 11.5. The number of likely N-dealkylation sites (N-methyl/N-ethyl adjacent to an activating group) is 1. The molecule has 2 aromatic rings. The van der Waals surface area contributed by atoms with Gasteiger partial charge in [-0.25, -0.2) is 0 Å². The molecule has 1 saturated heterocycles. The maximum atomic E-state index is 9.89. The Morgan fingerprint density at radius 2 is 1.77 bits per heavy atom. The number of nitriles is 1. The van der Waals surface area contributed by atoms with Crippen molar-refractivity contribution in [1.82, 2.24) is 14.8 Å². The highest BCUT2D eigenvalue weighted by atomic mass is 16.1. The van der Waals surface area contributed by atoms with Gasteiger partial charge in [0.2, 0.25) is 0 Å². The lowest BCUT2D eigenvalue weighted by Crippen LogP contribution is -2.44. The van der Waals surface area contributed by atoms with E-state index in [-0.39, 0.29) is 5.41 Å². The van der Waals surface area contributed by atoms with Crippen molar-refractivity contribution in [2.24, 2.45) is 10.4 Å². The Hall–Kier alpha value is -3.82. The molecule has 43 heavy (non-hydrogen) atoms. The average Bonchev–Trinajstić information content (AvgIpc) is 3.78. The Morgan fingerprint density at radius 1 is 1.09 bits per heavy atom. The van der Waals surface area contributed by atoms with Crippen LogP contribution in [0.15, 0.2) is 83.3 Å². The number of carbonyl (C=O) groups excluding carboxylic acids is 1. The lowest BCUT2D eigenvalue weighted by Gasteiger charge is -2.36. The number of piperazine rings is 1. The first-order valence-corrected chi connectivity index (χ1v) is 15.6. The second-order valence-electron chi connectivity index (χ2n) is 11.5. The van der Waals surface area contributed by atoms with Gasteiger partial charge in [-0.3, -0.25) is 9.98 Å². The van der Waals surface area contributed by atoms with E-state index in [9.17, 15) is 4.79 Å². The number of carbonyl (C=O) groups is 1. The van der Waals surface area contributed by atoms with Crippen LogP contribution < -0.4 is 0 Å². The summed E-state index contributed by atoms with van der Waals surface area (Å²) in [6.45, 7) is 17.0. The molecule has 1 aliphatic carbocycles. The minimum absolute atomic E-state index is 0.111. The maximum Gasteiger partial charge on any atom is 0.125 e. The molecule has 0 amide bonds. The van der Waals surface area contributed by atoms with Crippen LogP contribution in [0, 0.1) is 16.7 Å². The summed E-state index contributed by atoms with van der Waals surface area (Å²) in [5.41, 5.74) is 7.96. The van der Waals surface area contributed by atoms with Crippen LogP contribution in [-0.2, 0) is 11.2 Å². The number of allylic oxidation sites excluding steroid dienone is 5. The van der Waals surface area contributed by atoms with Crippen molar-refractivity contribution >= 4 is 17.6 Å². The van der Waals surface area contributed by atoms with Gasteiger partial charge in [0, 0.05) is 66.7 Å². The largest absolute Gasteiger partial charge is 0.372 e. The molecule has 0 unspecified atom stereocenters. The Morgan fingerprint density at radius 3 is 2.28 bits per heavy atom. The molecular formula is C37H51N5O. The zero-order chi connectivity index (χ0) is 31.7. The summed E-state index contributed by atoms with van der Waals surface area (Å²) >= 11 is 0. The van der Waals surface area contributed by atoms with Crippen LogP contribution in [0.3, 0.4) is 0 Å². The third kappa shape index (κ3) is 12.1. The van der Waals surface area contributed by atoms with Gasteiger partial charge in [-0.1, -0.05) is 69.7 Å². The quantitative estimate of drug-likeness (QED) is 0.171. The molecule has 6 nitrogen and oxygen atoms in total. The van der Waals surface area contributed by atoms with Crippen LogP contribution in [0.1, 0.15) is 84.0 Å². The highest BCUT2D eigenvalue weighted by Gasteiger charge is 2.36. The number of hydrogen-bond donors (Lipinski definition) is 0. The predicted molar refractivity (Wildman–Crippen MR) is 181 cm³/mol. The van der Waals surface area contributed by atoms with E-state index in [4.69, 9.17) is 10.3 Å². The van der Waals surface area contributed by atoms with E-state index in [2.05, 4.69) is 105 Å². The molecule has 0 N–H and O–H groups in total. The molecule has 0 bridgehead atoms. The molecule has 230 valence electrons. The van der Waals surface area contributed by atoms with Crippen LogP contribution in [0.25, 0.3) is 5.57 Å². The molecule has 4 rings (SSSR count). The maximum absolute atomic E-state index is 9.89. The van der Waals surface area contributed by atoms with Gasteiger partial charge < -0.3 is 14.6 Å². The molecule has 0 atom stereocenters. The van der Waals surface area contributed by atoms with Crippen molar-refractivity contribution in [2.45, 2.75) is 73.6 Å². The average molecular weight is 582 g/mol. The first kappa shape index (κ1) is 35.4. The molecule has 6 heteroatoms. The van der Waals surface area contributed by atoms with Crippen LogP contribution in [0.4, 0.5) is 0 Å². The SMILES string of the molecule is CC1(C=O)CC1.CCCc1cc(C#N)ccn1.C\C=C(C(/C(C)=N/C=C/CC)=C(/C)N1CCN(C)CC1)\c1ccccc1. The van der Waals surface area contributed by atoms with Gasteiger partial charge in [-0.2, -0.15) is 5.26 Å². The van der Waals surface area contributed by atoms with Crippen molar-refractivity contribution in [3.63, 3.8) is 0 Å². The number of aryl methyl sites for hydroxylation is 1. The molecule has 1 aromatic heterocycles. The van der Waals surface area contributed by atoms with Crippen LogP contribution >= 0.6 is 0 Å². The van der Waals surface area contributed by atoms with Gasteiger partial charge in [0.05, 0.1) is 11.6 Å². The Labute approximate surface area is 260 Å². The fraction of sp³-hybridized carbons (Fsp3) is 0.459. The van der Waals surface area contributed by atoms with Gasteiger partial charge in [-0.05, 0) is 76.8 Å². The summed E-state index contributed by atoms with van der Waals surface area (Å²) in [6, 6.07) is 16.3. The Bertz CT molecular complexity index is 1300. The summed E-state index contributed by atoms with van der Waals surface area (Å²) in [5.74, 6) is 0. The normalized spacial score (nSPS) is 17.1. The lowest BCUT2D eigenvalue weighted by atomic mass is 9.92. The Balaban J connectivity index is 0.000000307. The fourth-order valence-electron chi connectivity index (χ4n) is 4.61. The molecule has 2 heterocycles. The molecule has 0 radical (unpaired) electrons. The summed E-state index contributed by atoms with van der Waals surface area (Å²) in [4.78, 5) is 23.6. The van der Waals surface area contributed by atoms with E-state index in [1.54, 1.807) is 12.3 Å². The number of benzene rings is 1. The molecular weight excluding hydrogens is 530 g/mol. The van der Waals surface area contributed by atoms with Gasteiger partial charge >= 0.3 is 0 Å². The predicted octanol–water partition coefficient (Wildman–Crippen LogP) is 7.89. The van der Waals surface area contributed by atoms with Crippen molar-refractivity contribution in [1.29, 1.82) is 5.26 Å². The van der Waals surface area contributed by atoms with Gasteiger partial charge in [0.1, 0.15) is 6.29 Å². The number of pyridine rings is 1. The molecule has 1 aliphatic heterocycles. The van der Waals surface area contributed by atoms with Gasteiger partial charge in [-0.15, -0.1) is 0 Å². The minimum atomic E-state index is 0.111. The first-order valence-electron chi connectivity index (χ1n) is 15.6. The van der Waals surface area contributed by atoms with Crippen LogP contribution in [-0.4, -0.2) is 60.0 Å². The smallest absolute Gasteiger partial charge is 0.125 e. The van der Waals surface area contributed by atoms with Crippen molar-refractivity contribution < 1.29 is 4.79 Å². The number of aromatic nitrogens is 1. The van der Waals surface area contributed by atoms with Crippen molar-refractivity contribution in [2.75, 3.05) is 33.2 Å². The molecule has 2 aliphatic rings. The lowest BCUT2D eigenvalue weighted by molar-refractivity contribution is -0.111. The molecule has 0 spiro atoms. The Kier molecular flexibility index (Phi) is 15.4. The number of nitrogens with zero attached hydrogens (tertiary/aromatic N) is 5. The minimum Gasteiger partial charge on any atom is -0.372 e. The van der Waals surface area contributed by atoms with Crippen LogP contribution in [0.5, 0.6) is 0 Å². The third-order valence-electron chi connectivity index (χ3n) is 7.73. The summed E-state index contributed by atoms with van der Waals surface area (Å²) < 4.78 is 0. The van der Waals surface area contributed by atoms with Gasteiger partial charge in [0.25, 0.3) is 0 Å². The van der Waals surface area contributed by atoms with E-state index < -0.39 is 0 Å². The van der Waals surface area contributed by atoms with Crippen molar-refractivity contribution in [3.05, 3.63) is 95.1 Å². The summed E-state index contributed by atoms with van der Waals surface area (Å²) in [6.07, 6.45) is 14.2. The highest BCUT2D eigenvalue weighted by Crippen LogP contribution is 2.42. The number of hydrogen-bond acceptors (Lipinski definition) is 6. The van der Waals surface area contributed by atoms with E-state index in [0.29, 0.717) is 5.56 Å². The monoisotopic (exact) mass is 581 g/mol. The summed E-state index contributed by atoms with van der Waals surface area (Å²) in [7, 11) is 2.20. The highest BCUT2D eigenvalue weighted by molar-refractivity contribution is 6.12. The van der Waals surface area contributed by atoms with Crippen LogP contribution in [0.2, 0.25) is 0 Å². The van der Waals surface area contributed by atoms with E-state index in [1.165, 1.54) is 22.4 Å². The standard InChI is InChI=1S/C23H33N3.C9H10N2.C5H8O/c1-6-8-14-24-19(3)23(20(4)26-17-15-25(5)16-18-26)22(7-2)21-12-10-9-11-13-21;1-2-3-9-6-8(7-10)4-5-11-9;1-5(4-6)2-3-5/h7-14H,6,15-18H2,1-5H3;4-6H,2-3H2,1H3;4H,2-3H2,1H3/b14-8+,22-7-,23-20-,24-19+;;. The molecule has 2 fully saturated rings.